The average molecular weight is 255 g/mol. The molecular formula is C11H13NO6. The average Bonchev–Trinajstić information content (AvgIpc) is 2.35. The summed E-state index contributed by atoms with van der Waals surface area (Å²) >= 11 is 0. The molecule has 0 fully saturated rings. The number of benzene rings is 1. The fraction of sp³-hybridized carbons (Fsp3) is 0.364. The minimum atomic E-state index is -1.78. The SMILES string of the molecule is COC(=O)C(O)C(O)c1cc(C)cc([N+](=O)[O-])c1. The lowest BCUT2D eigenvalue weighted by Gasteiger charge is -2.16. The number of aliphatic hydroxyl groups is 2. The molecule has 0 aromatic heterocycles. The van der Waals surface area contributed by atoms with E-state index in [0.29, 0.717) is 5.56 Å². The van der Waals surface area contributed by atoms with E-state index >= 15 is 0 Å². The summed E-state index contributed by atoms with van der Waals surface area (Å²) in [4.78, 5) is 21.1. The third kappa shape index (κ3) is 3.02. The summed E-state index contributed by atoms with van der Waals surface area (Å²) in [5, 5.41) is 29.9. The lowest BCUT2D eigenvalue weighted by atomic mass is 10.0. The number of non-ortho nitro benzene ring substituents is 1. The van der Waals surface area contributed by atoms with E-state index in [4.69, 9.17) is 0 Å². The third-order valence-electron chi connectivity index (χ3n) is 2.38. The Balaban J connectivity index is 3.09. The Labute approximate surface area is 103 Å². The predicted molar refractivity (Wildman–Crippen MR) is 60.8 cm³/mol. The van der Waals surface area contributed by atoms with Gasteiger partial charge >= 0.3 is 5.97 Å². The molecule has 7 nitrogen and oxygen atoms in total. The number of aryl methyl sites for hydroxylation is 1. The Kier molecular flexibility index (Phi) is 4.35. The van der Waals surface area contributed by atoms with Crippen molar-refractivity contribution in [1.82, 2.24) is 0 Å². The first kappa shape index (κ1) is 14.1. The quantitative estimate of drug-likeness (QED) is 0.459. The fourth-order valence-corrected chi connectivity index (χ4v) is 1.50. The van der Waals surface area contributed by atoms with Crippen LogP contribution in [0.2, 0.25) is 0 Å². The van der Waals surface area contributed by atoms with Crippen molar-refractivity contribution in [2.45, 2.75) is 19.1 Å². The minimum absolute atomic E-state index is 0.0830. The highest BCUT2D eigenvalue weighted by molar-refractivity contribution is 5.75. The van der Waals surface area contributed by atoms with Crippen LogP contribution in [-0.2, 0) is 9.53 Å². The topological polar surface area (TPSA) is 110 Å². The molecule has 0 bridgehead atoms. The number of methoxy groups -OCH3 is 1. The van der Waals surface area contributed by atoms with Crippen LogP contribution in [0.25, 0.3) is 0 Å². The van der Waals surface area contributed by atoms with Crippen LogP contribution in [-0.4, -0.2) is 34.3 Å². The van der Waals surface area contributed by atoms with Gasteiger partial charge in [-0.1, -0.05) is 6.07 Å². The van der Waals surface area contributed by atoms with Crippen molar-refractivity contribution >= 4 is 11.7 Å². The van der Waals surface area contributed by atoms with Crippen LogP contribution >= 0.6 is 0 Å². The summed E-state index contributed by atoms with van der Waals surface area (Å²) in [5.41, 5.74) is 0.399. The van der Waals surface area contributed by atoms with Crippen molar-refractivity contribution in [2.24, 2.45) is 0 Å². The molecule has 0 aliphatic rings. The molecule has 0 aliphatic carbocycles. The van der Waals surface area contributed by atoms with Crippen molar-refractivity contribution in [3.8, 4) is 0 Å². The normalized spacial score (nSPS) is 13.8. The van der Waals surface area contributed by atoms with Gasteiger partial charge in [0.15, 0.2) is 6.10 Å². The number of nitro groups is 1. The molecule has 0 heterocycles. The van der Waals surface area contributed by atoms with Crippen molar-refractivity contribution < 1.29 is 24.7 Å². The molecule has 1 aromatic carbocycles. The highest BCUT2D eigenvalue weighted by Gasteiger charge is 2.27. The summed E-state index contributed by atoms with van der Waals surface area (Å²) in [6, 6.07) is 3.87. The molecule has 0 saturated carbocycles. The molecule has 2 N–H and O–H groups in total. The predicted octanol–water partition coefficient (Wildman–Crippen LogP) is 0.471. The molecule has 0 saturated heterocycles. The van der Waals surface area contributed by atoms with E-state index in [-0.39, 0.29) is 11.3 Å². The second-order valence-electron chi connectivity index (χ2n) is 3.77. The van der Waals surface area contributed by atoms with E-state index in [1.54, 1.807) is 6.92 Å². The molecule has 1 rings (SSSR count). The van der Waals surface area contributed by atoms with Gasteiger partial charge < -0.3 is 14.9 Å². The van der Waals surface area contributed by atoms with Crippen molar-refractivity contribution in [1.29, 1.82) is 0 Å². The summed E-state index contributed by atoms with van der Waals surface area (Å²) in [7, 11) is 1.07. The van der Waals surface area contributed by atoms with Crippen molar-refractivity contribution in [3.05, 3.63) is 39.4 Å². The Morgan fingerprint density at radius 1 is 1.39 bits per heavy atom. The molecular weight excluding hydrogens is 242 g/mol. The molecule has 0 aliphatic heterocycles. The second kappa shape index (κ2) is 5.56. The first-order chi connectivity index (χ1) is 8.36. The number of rotatable bonds is 4. The van der Waals surface area contributed by atoms with E-state index in [2.05, 4.69) is 4.74 Å². The lowest BCUT2D eigenvalue weighted by molar-refractivity contribution is -0.385. The summed E-state index contributed by atoms with van der Waals surface area (Å²) in [6.45, 7) is 1.60. The Morgan fingerprint density at radius 3 is 2.50 bits per heavy atom. The molecule has 1 aromatic rings. The third-order valence-corrected chi connectivity index (χ3v) is 2.38. The minimum Gasteiger partial charge on any atom is -0.467 e. The van der Waals surface area contributed by atoms with Crippen LogP contribution in [0.5, 0.6) is 0 Å². The maximum atomic E-state index is 11.1. The standard InChI is InChI=1S/C11H13NO6/c1-6-3-7(5-8(4-6)12(16)17)9(13)10(14)11(15)18-2/h3-5,9-10,13-14H,1-2H3. The van der Waals surface area contributed by atoms with Crippen LogP contribution in [0.15, 0.2) is 18.2 Å². The molecule has 0 amide bonds. The van der Waals surface area contributed by atoms with Gasteiger partial charge in [-0.05, 0) is 18.1 Å². The van der Waals surface area contributed by atoms with Crippen LogP contribution in [0.1, 0.15) is 17.2 Å². The number of hydrogen-bond acceptors (Lipinski definition) is 6. The number of nitrogens with zero attached hydrogens (tertiary/aromatic N) is 1. The molecule has 18 heavy (non-hydrogen) atoms. The molecule has 0 radical (unpaired) electrons. The van der Waals surface area contributed by atoms with E-state index in [0.717, 1.165) is 13.2 Å². The van der Waals surface area contributed by atoms with Gasteiger partial charge in [-0.2, -0.15) is 0 Å². The summed E-state index contributed by atoms with van der Waals surface area (Å²) in [5.74, 6) is -1.01. The van der Waals surface area contributed by atoms with Crippen LogP contribution < -0.4 is 0 Å². The zero-order chi connectivity index (χ0) is 13.9. The van der Waals surface area contributed by atoms with Gasteiger partial charge in [0.1, 0.15) is 6.10 Å². The largest absolute Gasteiger partial charge is 0.467 e. The van der Waals surface area contributed by atoms with Gasteiger partial charge in [0, 0.05) is 12.1 Å². The van der Waals surface area contributed by atoms with Gasteiger partial charge in [0.25, 0.3) is 5.69 Å². The monoisotopic (exact) mass is 255 g/mol. The van der Waals surface area contributed by atoms with E-state index < -0.39 is 23.1 Å². The van der Waals surface area contributed by atoms with Gasteiger partial charge in [-0.25, -0.2) is 4.79 Å². The second-order valence-corrected chi connectivity index (χ2v) is 3.77. The first-order valence-corrected chi connectivity index (χ1v) is 5.06. The van der Waals surface area contributed by atoms with Crippen LogP contribution in [0, 0.1) is 17.0 Å². The highest BCUT2D eigenvalue weighted by atomic mass is 16.6. The van der Waals surface area contributed by atoms with Gasteiger partial charge in [0.2, 0.25) is 0 Å². The molecule has 2 atom stereocenters. The Bertz CT molecular complexity index is 473. The number of carbonyl (C=O) groups excluding carboxylic acids is 1. The molecule has 98 valence electrons. The zero-order valence-electron chi connectivity index (χ0n) is 9.86. The molecule has 7 heteroatoms. The smallest absolute Gasteiger partial charge is 0.337 e. The van der Waals surface area contributed by atoms with Crippen LogP contribution in [0.3, 0.4) is 0 Å². The summed E-state index contributed by atoms with van der Waals surface area (Å²) in [6.07, 6.45) is -3.35. The lowest BCUT2D eigenvalue weighted by Crippen LogP contribution is -2.29. The fourth-order valence-electron chi connectivity index (χ4n) is 1.50. The zero-order valence-corrected chi connectivity index (χ0v) is 9.86. The number of aliphatic hydroxyl groups excluding tert-OH is 2. The maximum absolute atomic E-state index is 11.1. The molecule has 0 spiro atoms. The van der Waals surface area contributed by atoms with Gasteiger partial charge in [-0.15, -0.1) is 0 Å². The van der Waals surface area contributed by atoms with Crippen molar-refractivity contribution in [2.75, 3.05) is 7.11 Å². The van der Waals surface area contributed by atoms with E-state index in [1.165, 1.54) is 12.1 Å². The number of carbonyl (C=O) groups is 1. The summed E-state index contributed by atoms with van der Waals surface area (Å²) < 4.78 is 4.28. The maximum Gasteiger partial charge on any atom is 0.337 e. The molecule has 2 unspecified atom stereocenters. The number of ether oxygens (including phenoxy) is 1. The van der Waals surface area contributed by atoms with Crippen LogP contribution in [0.4, 0.5) is 5.69 Å². The number of hydrogen-bond donors (Lipinski definition) is 2. The Morgan fingerprint density at radius 2 is 2.00 bits per heavy atom. The number of nitro benzene ring substituents is 1. The Hall–Kier alpha value is -1.99. The van der Waals surface area contributed by atoms with E-state index in [1.807, 2.05) is 0 Å². The van der Waals surface area contributed by atoms with E-state index in [9.17, 15) is 25.1 Å². The van der Waals surface area contributed by atoms with Gasteiger partial charge in [-0.3, -0.25) is 10.1 Å². The number of esters is 1. The highest BCUT2D eigenvalue weighted by Crippen LogP contribution is 2.24. The van der Waals surface area contributed by atoms with Gasteiger partial charge in [0.05, 0.1) is 12.0 Å². The van der Waals surface area contributed by atoms with Crippen molar-refractivity contribution in [3.63, 3.8) is 0 Å². The first-order valence-electron chi connectivity index (χ1n) is 5.06.